The van der Waals surface area contributed by atoms with Gasteiger partial charge in [-0.3, -0.25) is 9.48 Å². The minimum Gasteiger partial charge on any atom is -0.494 e. The number of rotatable bonds is 4. The smallest absolute Gasteiger partial charge is 0.273 e. The van der Waals surface area contributed by atoms with Crippen LogP contribution in [0.15, 0.2) is 42.6 Å². The SMILES string of the molecule is [2H]C([2H])([2H])NC(=O)c1nnc2cc1Nc1cc(cc(-c3ccn(C4CC4)n3)c1OC)COCc1cc(F)cc(n1)N2. The van der Waals surface area contributed by atoms with E-state index in [4.69, 9.17) is 18.7 Å². The molecule has 12 heteroatoms. The van der Waals surface area contributed by atoms with Gasteiger partial charge >= 0.3 is 0 Å². The van der Waals surface area contributed by atoms with E-state index < -0.39 is 18.7 Å². The second kappa shape index (κ2) is 9.71. The second-order valence-electron chi connectivity index (χ2n) is 8.99. The lowest BCUT2D eigenvalue weighted by atomic mass is 10.0. The summed E-state index contributed by atoms with van der Waals surface area (Å²) in [7, 11) is 1.52. The van der Waals surface area contributed by atoms with Gasteiger partial charge in [-0.1, -0.05) is 0 Å². The highest BCUT2D eigenvalue weighted by molar-refractivity contribution is 5.99. The molecule has 1 aliphatic heterocycles. The summed E-state index contributed by atoms with van der Waals surface area (Å²) in [5.41, 5.74) is 2.70. The van der Waals surface area contributed by atoms with Crippen molar-refractivity contribution in [3.05, 3.63) is 65.4 Å². The Morgan fingerprint density at radius 3 is 2.87 bits per heavy atom. The highest BCUT2D eigenvalue weighted by atomic mass is 19.1. The first kappa shape index (κ1) is 20.5. The maximum atomic E-state index is 14.4. The van der Waals surface area contributed by atoms with Crippen LogP contribution in [0.2, 0.25) is 0 Å². The number of hydrogen-bond acceptors (Lipinski definition) is 9. The van der Waals surface area contributed by atoms with Gasteiger partial charge in [0.15, 0.2) is 17.3 Å². The van der Waals surface area contributed by atoms with E-state index in [2.05, 4.69) is 25.8 Å². The lowest BCUT2D eigenvalue weighted by Crippen LogP contribution is -2.21. The number of amides is 1. The summed E-state index contributed by atoms with van der Waals surface area (Å²) in [6.45, 7) is -2.57. The highest BCUT2D eigenvalue weighted by Gasteiger charge is 2.26. The Kier molecular flexibility index (Phi) is 5.23. The third kappa shape index (κ3) is 4.73. The summed E-state index contributed by atoms with van der Waals surface area (Å²) in [5.74, 6) is -0.804. The molecule has 2 aliphatic rings. The number of pyridine rings is 1. The van der Waals surface area contributed by atoms with Crippen LogP contribution in [0.25, 0.3) is 11.3 Å². The summed E-state index contributed by atoms with van der Waals surface area (Å²) in [6, 6.07) is 9.83. The van der Waals surface area contributed by atoms with Gasteiger partial charge in [-0.25, -0.2) is 9.37 Å². The Labute approximate surface area is 221 Å². The molecule has 6 bridgehead atoms. The van der Waals surface area contributed by atoms with E-state index in [-0.39, 0.29) is 36.2 Å². The lowest BCUT2D eigenvalue weighted by Gasteiger charge is -2.19. The van der Waals surface area contributed by atoms with Gasteiger partial charge in [-0.05, 0) is 42.7 Å². The lowest BCUT2D eigenvalue weighted by molar-refractivity contribution is 0.0958. The zero-order valence-corrected chi connectivity index (χ0v) is 20.3. The predicted molar refractivity (Wildman–Crippen MR) is 137 cm³/mol. The first-order valence-corrected chi connectivity index (χ1v) is 11.9. The van der Waals surface area contributed by atoms with Crippen molar-refractivity contribution in [3.8, 4) is 17.0 Å². The van der Waals surface area contributed by atoms with Gasteiger partial charge in [0.1, 0.15) is 11.6 Å². The number of methoxy groups -OCH3 is 1. The Bertz CT molecular complexity index is 1640. The van der Waals surface area contributed by atoms with Crippen molar-refractivity contribution in [3.63, 3.8) is 0 Å². The van der Waals surface area contributed by atoms with Gasteiger partial charge in [0.25, 0.3) is 5.91 Å². The van der Waals surface area contributed by atoms with E-state index in [1.165, 1.54) is 25.3 Å². The van der Waals surface area contributed by atoms with Gasteiger partial charge in [0.05, 0.1) is 49.1 Å². The van der Waals surface area contributed by atoms with Crippen LogP contribution < -0.4 is 20.7 Å². The number of anilines is 4. The molecule has 0 radical (unpaired) electrons. The minimum absolute atomic E-state index is 0.0397. The Morgan fingerprint density at radius 2 is 2.05 bits per heavy atom. The largest absolute Gasteiger partial charge is 0.494 e. The Balaban J connectivity index is 1.49. The van der Waals surface area contributed by atoms with Crippen molar-refractivity contribution in [1.82, 2.24) is 30.3 Å². The molecule has 3 N–H and O–H groups in total. The third-order valence-corrected chi connectivity index (χ3v) is 6.17. The monoisotopic (exact) mass is 519 g/mol. The molecule has 194 valence electrons. The maximum Gasteiger partial charge on any atom is 0.273 e. The standard InChI is InChI=1S/C26H25FN8O3/c1-28-26(36)24-20-11-23(32-33-24)31-22-10-15(27)9-16(29-22)13-38-12-14-7-18(25(37-2)21(8-14)30-20)19-5-6-35(34-19)17-3-4-17/h5-11,17,30H,3-4,12-13H2,1-2H3,(H,28,36)(H,29,31,32)/i1D3. The molecule has 1 fully saturated rings. The fraction of sp³-hybridized carbons (Fsp3) is 0.269. The molecule has 4 heterocycles. The summed E-state index contributed by atoms with van der Waals surface area (Å²) in [6.07, 6.45) is 4.06. The van der Waals surface area contributed by atoms with Crippen LogP contribution in [0.5, 0.6) is 5.75 Å². The number of aromatic nitrogens is 5. The van der Waals surface area contributed by atoms with E-state index in [0.29, 0.717) is 34.4 Å². The van der Waals surface area contributed by atoms with Crippen molar-refractivity contribution in [2.24, 2.45) is 0 Å². The zero-order chi connectivity index (χ0) is 28.7. The van der Waals surface area contributed by atoms with Crippen LogP contribution in [0.1, 0.15) is 44.7 Å². The quantitative estimate of drug-likeness (QED) is 0.365. The van der Waals surface area contributed by atoms with E-state index in [0.717, 1.165) is 18.4 Å². The molecule has 38 heavy (non-hydrogen) atoms. The first-order chi connectivity index (χ1) is 19.6. The van der Waals surface area contributed by atoms with Crippen molar-refractivity contribution in [2.75, 3.05) is 24.7 Å². The first-order valence-electron chi connectivity index (χ1n) is 13.4. The molecule has 6 rings (SSSR count). The fourth-order valence-electron chi connectivity index (χ4n) is 4.31. The van der Waals surface area contributed by atoms with Gasteiger partial charge < -0.3 is 25.4 Å². The van der Waals surface area contributed by atoms with Gasteiger partial charge in [-0.2, -0.15) is 5.10 Å². The number of halogens is 1. The number of nitrogens with zero attached hydrogens (tertiary/aromatic N) is 5. The second-order valence-corrected chi connectivity index (χ2v) is 8.99. The molecule has 11 nitrogen and oxygen atoms in total. The molecule has 1 aromatic carbocycles. The molecule has 0 unspecified atom stereocenters. The van der Waals surface area contributed by atoms with E-state index in [1.54, 1.807) is 6.07 Å². The molecule has 1 amide bonds. The van der Waals surface area contributed by atoms with Crippen LogP contribution in [-0.4, -0.2) is 45.0 Å². The molecule has 1 saturated carbocycles. The van der Waals surface area contributed by atoms with Crippen molar-refractivity contribution < 1.29 is 22.8 Å². The molecule has 0 atom stereocenters. The minimum atomic E-state index is -2.76. The predicted octanol–water partition coefficient (Wildman–Crippen LogP) is 4.09. The summed E-state index contributed by atoms with van der Waals surface area (Å²) >= 11 is 0. The van der Waals surface area contributed by atoms with Crippen molar-refractivity contribution >= 4 is 28.9 Å². The molecule has 3 aromatic heterocycles. The van der Waals surface area contributed by atoms with Crippen molar-refractivity contribution in [1.29, 1.82) is 0 Å². The van der Waals surface area contributed by atoms with E-state index in [9.17, 15) is 9.18 Å². The van der Waals surface area contributed by atoms with Crippen LogP contribution >= 0.6 is 0 Å². The number of ether oxygens (including phenoxy) is 2. The normalized spacial score (nSPS) is 16.1. The van der Waals surface area contributed by atoms with E-state index in [1.807, 2.05) is 28.3 Å². The fourth-order valence-corrected chi connectivity index (χ4v) is 4.31. The number of carbonyl (C=O) groups is 1. The Hall–Kier alpha value is -4.58. The topological polar surface area (TPSA) is 128 Å². The molecule has 1 aliphatic carbocycles. The van der Waals surface area contributed by atoms with Crippen LogP contribution in [0, 0.1) is 5.82 Å². The van der Waals surface area contributed by atoms with Crippen LogP contribution in [0.3, 0.4) is 0 Å². The molecule has 0 saturated heterocycles. The Morgan fingerprint density at radius 1 is 1.16 bits per heavy atom. The number of hydrogen-bond donors (Lipinski definition) is 3. The van der Waals surface area contributed by atoms with Crippen molar-refractivity contribution in [2.45, 2.75) is 32.1 Å². The summed E-state index contributed by atoms with van der Waals surface area (Å²) < 4.78 is 50.4. The molecule has 0 spiro atoms. The van der Waals surface area contributed by atoms with Crippen LogP contribution in [0.4, 0.5) is 27.4 Å². The van der Waals surface area contributed by atoms with Gasteiger partial charge in [0.2, 0.25) is 0 Å². The van der Waals surface area contributed by atoms with E-state index >= 15 is 0 Å². The maximum absolute atomic E-state index is 14.4. The summed E-state index contributed by atoms with van der Waals surface area (Å²) in [5, 5.41) is 20.7. The van der Waals surface area contributed by atoms with Gasteiger partial charge in [-0.15, -0.1) is 10.2 Å². The molecular formula is C26H25FN8O3. The molecular weight excluding hydrogens is 491 g/mol. The highest BCUT2D eigenvalue weighted by Crippen LogP contribution is 2.41. The summed E-state index contributed by atoms with van der Waals surface area (Å²) in [4.78, 5) is 17.3. The number of benzene rings is 1. The molecule has 4 aromatic rings. The number of carbonyl (C=O) groups excluding carboxylic acids is 1. The zero-order valence-electron chi connectivity index (χ0n) is 23.3. The number of fused-ring (bicyclic) bond motifs is 6. The van der Waals surface area contributed by atoms with Gasteiger partial charge in [0, 0.05) is 35.0 Å². The van der Waals surface area contributed by atoms with Crippen LogP contribution in [-0.2, 0) is 18.0 Å². The average Bonchev–Trinajstić information content (AvgIpc) is 3.63. The third-order valence-electron chi connectivity index (χ3n) is 6.17. The average molecular weight is 520 g/mol. The number of nitrogens with one attached hydrogen (secondary N) is 3.